The zero-order valence-corrected chi connectivity index (χ0v) is 19.5. The van der Waals surface area contributed by atoms with Crippen LogP contribution in [0.3, 0.4) is 0 Å². The minimum Gasteiger partial charge on any atom is -0.374 e. The predicted molar refractivity (Wildman–Crippen MR) is 119 cm³/mol. The summed E-state index contributed by atoms with van der Waals surface area (Å²) in [6.07, 6.45) is 8.91. The molecule has 0 aromatic carbocycles. The lowest BCUT2D eigenvalue weighted by Crippen LogP contribution is -2.42. The molecule has 0 aliphatic carbocycles. The molecule has 0 radical (unpaired) electrons. The molecule has 32 heavy (non-hydrogen) atoms. The lowest BCUT2D eigenvalue weighted by Gasteiger charge is -2.30. The highest BCUT2D eigenvalue weighted by Crippen LogP contribution is 2.17. The van der Waals surface area contributed by atoms with E-state index in [-0.39, 0.29) is 31.3 Å². The third-order valence-electron chi connectivity index (χ3n) is 4.78. The Morgan fingerprint density at radius 3 is 2.19 bits per heavy atom. The van der Waals surface area contributed by atoms with E-state index in [2.05, 4.69) is 16.6 Å². The summed E-state index contributed by atoms with van der Waals surface area (Å²) >= 11 is 0. The van der Waals surface area contributed by atoms with E-state index in [0.717, 1.165) is 4.90 Å². The minimum absolute atomic E-state index is 0.0371. The second-order valence-electron chi connectivity index (χ2n) is 8.71. The maximum atomic E-state index is 12.0. The van der Waals surface area contributed by atoms with Crippen molar-refractivity contribution in [2.45, 2.75) is 64.6 Å². The lowest BCUT2D eigenvalue weighted by molar-refractivity contribution is -0.137. The van der Waals surface area contributed by atoms with Gasteiger partial charge in [0.15, 0.2) is 0 Å². The Kier molecular flexibility index (Phi) is 11.1. The summed E-state index contributed by atoms with van der Waals surface area (Å²) in [6, 6.07) is 0. The maximum Gasteiger partial charge on any atom is 0.253 e. The summed E-state index contributed by atoms with van der Waals surface area (Å²) in [5.41, 5.74) is -1.04. The van der Waals surface area contributed by atoms with Crippen LogP contribution in [0.15, 0.2) is 12.2 Å². The monoisotopic (exact) mass is 449 g/mol. The van der Waals surface area contributed by atoms with Crippen molar-refractivity contribution in [3.05, 3.63) is 12.2 Å². The molecular weight excluding hydrogens is 414 g/mol. The van der Waals surface area contributed by atoms with Crippen molar-refractivity contribution in [2.75, 3.05) is 32.8 Å². The highest BCUT2D eigenvalue weighted by atomic mass is 16.5. The predicted octanol–water partition coefficient (Wildman–Crippen LogP) is 0.928. The largest absolute Gasteiger partial charge is 0.374 e. The minimum atomic E-state index is -0.600. The Hall–Kier alpha value is -2.70. The van der Waals surface area contributed by atoms with Crippen LogP contribution in [0.1, 0.15) is 53.4 Å². The molecule has 1 aliphatic heterocycles. The molecule has 178 valence electrons. The molecule has 1 rings (SSSR count). The van der Waals surface area contributed by atoms with Crippen LogP contribution in [-0.2, 0) is 28.7 Å². The quantitative estimate of drug-likeness (QED) is 0.218. The second-order valence-corrected chi connectivity index (χ2v) is 8.71. The standard InChI is InChI=1S/C23H35N3O6/c1-6-7-8-18(27)24-13-16-32-22(2,3)12-15-31-23(4,5)17-25-19(28)11-14-26-20(29)9-10-21(26)30/h1,9-10H,7-8,11-17H2,2-5H3,(H,24,27)(H,25,28). The Morgan fingerprint density at radius 2 is 1.56 bits per heavy atom. The summed E-state index contributed by atoms with van der Waals surface area (Å²) in [4.78, 5) is 47.6. The Balaban J connectivity index is 2.21. The number of nitrogens with one attached hydrogen (secondary N) is 2. The number of rotatable bonds is 15. The van der Waals surface area contributed by atoms with Crippen molar-refractivity contribution in [1.29, 1.82) is 0 Å². The van der Waals surface area contributed by atoms with E-state index in [1.165, 1.54) is 12.2 Å². The molecular formula is C23H35N3O6. The van der Waals surface area contributed by atoms with Gasteiger partial charge in [0.25, 0.3) is 11.8 Å². The van der Waals surface area contributed by atoms with Gasteiger partial charge in [-0.25, -0.2) is 0 Å². The number of carbonyl (C=O) groups excluding carboxylic acids is 4. The number of imide groups is 1. The number of amides is 4. The van der Waals surface area contributed by atoms with E-state index in [0.29, 0.717) is 39.0 Å². The van der Waals surface area contributed by atoms with Crippen LogP contribution in [0, 0.1) is 12.3 Å². The fourth-order valence-corrected chi connectivity index (χ4v) is 2.75. The van der Waals surface area contributed by atoms with Gasteiger partial charge in [0.05, 0.1) is 24.4 Å². The van der Waals surface area contributed by atoms with Crippen molar-refractivity contribution >= 4 is 23.6 Å². The molecule has 0 saturated heterocycles. The van der Waals surface area contributed by atoms with Gasteiger partial charge in [-0.1, -0.05) is 0 Å². The first-order valence-electron chi connectivity index (χ1n) is 10.7. The van der Waals surface area contributed by atoms with Crippen molar-refractivity contribution in [2.24, 2.45) is 0 Å². The Morgan fingerprint density at radius 1 is 0.969 bits per heavy atom. The van der Waals surface area contributed by atoms with Gasteiger partial charge in [-0.2, -0.15) is 0 Å². The zero-order chi connectivity index (χ0) is 24.2. The molecule has 9 heteroatoms. The van der Waals surface area contributed by atoms with Crippen LogP contribution in [0.25, 0.3) is 0 Å². The van der Waals surface area contributed by atoms with Gasteiger partial charge in [-0.3, -0.25) is 24.1 Å². The summed E-state index contributed by atoms with van der Waals surface area (Å²) in [6.45, 7) is 9.18. The summed E-state index contributed by atoms with van der Waals surface area (Å²) in [7, 11) is 0. The van der Waals surface area contributed by atoms with Gasteiger partial charge in [-0.05, 0) is 34.1 Å². The van der Waals surface area contributed by atoms with Gasteiger partial charge in [0.2, 0.25) is 11.8 Å². The summed E-state index contributed by atoms with van der Waals surface area (Å²) in [5, 5.41) is 5.53. The number of nitrogens with zero attached hydrogens (tertiary/aromatic N) is 1. The summed E-state index contributed by atoms with van der Waals surface area (Å²) in [5.74, 6) is 1.27. The third kappa shape index (κ3) is 11.1. The van der Waals surface area contributed by atoms with Crippen molar-refractivity contribution in [1.82, 2.24) is 15.5 Å². The molecule has 0 fully saturated rings. The molecule has 9 nitrogen and oxygen atoms in total. The molecule has 0 saturated carbocycles. The van der Waals surface area contributed by atoms with Crippen LogP contribution in [0.5, 0.6) is 0 Å². The van der Waals surface area contributed by atoms with Crippen LogP contribution >= 0.6 is 0 Å². The van der Waals surface area contributed by atoms with Crippen molar-refractivity contribution in [3.8, 4) is 12.3 Å². The molecule has 0 spiro atoms. The van der Waals surface area contributed by atoms with Crippen LogP contribution in [-0.4, -0.2) is 72.6 Å². The number of terminal acetylenes is 1. The maximum absolute atomic E-state index is 12.0. The molecule has 2 N–H and O–H groups in total. The Labute approximate surface area is 190 Å². The van der Waals surface area contributed by atoms with Crippen molar-refractivity contribution in [3.63, 3.8) is 0 Å². The highest BCUT2D eigenvalue weighted by molar-refractivity contribution is 6.13. The topological polar surface area (TPSA) is 114 Å². The smallest absolute Gasteiger partial charge is 0.253 e. The molecule has 4 amide bonds. The molecule has 1 heterocycles. The van der Waals surface area contributed by atoms with E-state index in [4.69, 9.17) is 15.9 Å². The lowest BCUT2D eigenvalue weighted by atomic mass is 10.1. The molecule has 0 aromatic rings. The van der Waals surface area contributed by atoms with Gasteiger partial charge in [0, 0.05) is 51.0 Å². The normalized spacial score (nSPS) is 13.9. The average Bonchev–Trinajstić information content (AvgIpc) is 3.03. The van der Waals surface area contributed by atoms with Gasteiger partial charge < -0.3 is 20.1 Å². The third-order valence-corrected chi connectivity index (χ3v) is 4.78. The van der Waals surface area contributed by atoms with Crippen LogP contribution in [0.4, 0.5) is 0 Å². The zero-order valence-electron chi connectivity index (χ0n) is 19.5. The summed E-state index contributed by atoms with van der Waals surface area (Å²) < 4.78 is 11.7. The van der Waals surface area contributed by atoms with Gasteiger partial charge >= 0.3 is 0 Å². The average molecular weight is 450 g/mol. The molecule has 0 bridgehead atoms. The van der Waals surface area contributed by atoms with Crippen LogP contribution < -0.4 is 10.6 Å². The second kappa shape index (κ2) is 13.0. The first-order chi connectivity index (χ1) is 15.0. The van der Waals surface area contributed by atoms with E-state index < -0.39 is 23.0 Å². The van der Waals surface area contributed by atoms with E-state index >= 15 is 0 Å². The van der Waals surface area contributed by atoms with Gasteiger partial charge in [0.1, 0.15) is 0 Å². The SMILES string of the molecule is C#CCCC(=O)NCCOC(C)(C)CCOC(C)(C)CNC(=O)CCN1C(=O)C=CC1=O. The molecule has 0 aromatic heterocycles. The van der Waals surface area contributed by atoms with Crippen molar-refractivity contribution < 1.29 is 28.7 Å². The Bertz CT molecular complexity index is 733. The fraction of sp³-hybridized carbons (Fsp3) is 0.652. The first-order valence-corrected chi connectivity index (χ1v) is 10.7. The molecule has 0 unspecified atom stereocenters. The number of carbonyl (C=O) groups is 4. The fourth-order valence-electron chi connectivity index (χ4n) is 2.75. The number of hydrogen-bond acceptors (Lipinski definition) is 6. The van der Waals surface area contributed by atoms with E-state index in [1.807, 2.05) is 27.7 Å². The molecule has 1 aliphatic rings. The number of hydrogen-bond donors (Lipinski definition) is 2. The van der Waals surface area contributed by atoms with E-state index in [1.54, 1.807) is 0 Å². The highest BCUT2D eigenvalue weighted by Gasteiger charge is 2.25. The first kappa shape index (κ1) is 27.3. The number of ether oxygens (including phenoxy) is 2. The van der Waals surface area contributed by atoms with Crippen LogP contribution in [0.2, 0.25) is 0 Å². The van der Waals surface area contributed by atoms with E-state index in [9.17, 15) is 19.2 Å². The van der Waals surface area contributed by atoms with Gasteiger partial charge in [-0.15, -0.1) is 12.3 Å². The molecule has 0 atom stereocenters.